The Labute approximate surface area is 225 Å². The van der Waals surface area contributed by atoms with Crippen LogP contribution >= 0.6 is 0 Å². The van der Waals surface area contributed by atoms with Gasteiger partial charge in [-0.15, -0.1) is 0 Å². The molecular formula is C32H51N3O2. The number of fused-ring (bicyclic) bond motifs is 5. The van der Waals surface area contributed by atoms with Crippen molar-refractivity contribution in [2.75, 3.05) is 59.4 Å². The van der Waals surface area contributed by atoms with Crippen molar-refractivity contribution < 1.29 is 10.2 Å². The molecular weight excluding hydrogens is 458 g/mol. The van der Waals surface area contributed by atoms with E-state index in [2.05, 4.69) is 40.8 Å². The lowest BCUT2D eigenvalue weighted by Crippen LogP contribution is -2.47. The van der Waals surface area contributed by atoms with E-state index in [1.165, 1.54) is 102 Å². The Balaban J connectivity index is 1.05. The summed E-state index contributed by atoms with van der Waals surface area (Å²) in [5, 5.41) is 21.2. The Morgan fingerprint density at radius 3 is 2.51 bits per heavy atom. The number of likely N-dealkylation sites (tertiary alicyclic amines) is 1. The SMILES string of the molecule is CN1CCN(CC2CCN(CCCC3Cc4cc(O)ccc4C4CCC5(C)C(O)CCC5C34)CC2)CC1. The van der Waals surface area contributed by atoms with E-state index in [0.717, 1.165) is 25.2 Å². The van der Waals surface area contributed by atoms with Gasteiger partial charge in [-0.05, 0) is 143 Å². The van der Waals surface area contributed by atoms with E-state index in [4.69, 9.17) is 0 Å². The molecule has 0 aromatic heterocycles. The normalized spacial score (nSPS) is 37.8. The number of aliphatic hydroxyl groups excluding tert-OH is 1. The molecule has 5 aliphatic rings. The molecule has 37 heavy (non-hydrogen) atoms. The van der Waals surface area contributed by atoms with Crippen LogP contribution in [-0.4, -0.2) is 90.4 Å². The highest BCUT2D eigenvalue weighted by Gasteiger charge is 2.56. The summed E-state index contributed by atoms with van der Waals surface area (Å²) in [7, 11) is 2.25. The molecule has 3 aliphatic carbocycles. The summed E-state index contributed by atoms with van der Waals surface area (Å²) in [5.74, 6) is 3.96. The second-order valence-electron chi connectivity index (χ2n) is 13.8. The number of nitrogens with zero attached hydrogens (tertiary/aromatic N) is 3. The average molecular weight is 510 g/mol. The van der Waals surface area contributed by atoms with Crippen molar-refractivity contribution in [3.05, 3.63) is 29.3 Å². The number of phenols is 1. The van der Waals surface area contributed by atoms with E-state index in [1.54, 1.807) is 0 Å². The van der Waals surface area contributed by atoms with Crippen molar-refractivity contribution in [2.24, 2.45) is 29.1 Å². The quantitative estimate of drug-likeness (QED) is 0.588. The molecule has 2 heterocycles. The number of piperidine rings is 1. The third-order valence-electron chi connectivity index (χ3n) is 11.7. The first-order valence-corrected chi connectivity index (χ1v) is 15.5. The molecule has 2 N–H and O–H groups in total. The Morgan fingerprint density at radius 1 is 0.946 bits per heavy atom. The summed E-state index contributed by atoms with van der Waals surface area (Å²) >= 11 is 0. The lowest BCUT2D eigenvalue weighted by Gasteiger charge is -2.53. The van der Waals surface area contributed by atoms with Crippen molar-refractivity contribution in [1.82, 2.24) is 14.7 Å². The number of rotatable bonds is 6. The second kappa shape index (κ2) is 10.8. The third-order valence-corrected chi connectivity index (χ3v) is 11.7. The van der Waals surface area contributed by atoms with Gasteiger partial charge in [-0.2, -0.15) is 0 Å². The summed E-state index contributed by atoms with van der Waals surface area (Å²) in [4.78, 5) is 7.90. The van der Waals surface area contributed by atoms with E-state index < -0.39 is 0 Å². The lowest BCUT2D eigenvalue weighted by molar-refractivity contribution is -0.0398. The van der Waals surface area contributed by atoms with Crippen LogP contribution in [0.15, 0.2) is 18.2 Å². The van der Waals surface area contributed by atoms with Gasteiger partial charge in [-0.3, -0.25) is 0 Å². The minimum Gasteiger partial charge on any atom is -0.508 e. The number of hydrogen-bond acceptors (Lipinski definition) is 5. The maximum absolute atomic E-state index is 10.9. The van der Waals surface area contributed by atoms with Crippen molar-refractivity contribution in [3.8, 4) is 5.75 Å². The smallest absolute Gasteiger partial charge is 0.115 e. The van der Waals surface area contributed by atoms with Crippen molar-refractivity contribution in [3.63, 3.8) is 0 Å². The lowest BCUT2D eigenvalue weighted by atomic mass is 9.52. The summed E-state index contributed by atoms with van der Waals surface area (Å²) in [6, 6.07) is 6.18. The van der Waals surface area contributed by atoms with Crippen LogP contribution in [0.2, 0.25) is 0 Å². The van der Waals surface area contributed by atoms with Gasteiger partial charge in [0.05, 0.1) is 6.10 Å². The molecule has 4 fully saturated rings. The molecule has 0 radical (unpaired) electrons. The predicted molar refractivity (Wildman–Crippen MR) is 150 cm³/mol. The van der Waals surface area contributed by atoms with Crippen LogP contribution in [0.5, 0.6) is 5.75 Å². The number of benzene rings is 1. The fourth-order valence-electron chi connectivity index (χ4n) is 9.40. The van der Waals surface area contributed by atoms with Crippen molar-refractivity contribution in [2.45, 2.75) is 76.7 Å². The first-order valence-electron chi connectivity index (χ1n) is 15.5. The number of phenolic OH excluding ortho intramolecular Hbond substituents is 1. The van der Waals surface area contributed by atoms with Crippen LogP contribution in [0.3, 0.4) is 0 Å². The van der Waals surface area contributed by atoms with Gasteiger partial charge in [0.25, 0.3) is 0 Å². The van der Waals surface area contributed by atoms with E-state index in [9.17, 15) is 10.2 Å². The summed E-state index contributed by atoms with van der Waals surface area (Å²) < 4.78 is 0. The molecule has 5 heteroatoms. The van der Waals surface area contributed by atoms with Gasteiger partial charge in [-0.1, -0.05) is 13.0 Å². The van der Waals surface area contributed by atoms with Gasteiger partial charge in [0, 0.05) is 32.7 Å². The summed E-state index contributed by atoms with van der Waals surface area (Å²) in [5.41, 5.74) is 3.02. The van der Waals surface area contributed by atoms with Crippen LogP contribution in [0.1, 0.15) is 75.3 Å². The standard InChI is InChI=1S/C32H51N3O2/c1-32-12-9-28-27-6-5-26(36)21-25(27)20-24(31(28)29(32)7-8-30(32)37)4-3-13-34-14-10-23(11-15-34)22-35-18-16-33(2)17-19-35/h5-6,21,23-24,28-31,36-37H,3-4,7-20,22H2,1-2H3. The zero-order valence-corrected chi connectivity index (χ0v) is 23.5. The van der Waals surface area contributed by atoms with Crippen molar-refractivity contribution >= 4 is 0 Å². The van der Waals surface area contributed by atoms with Gasteiger partial charge in [0.15, 0.2) is 0 Å². The van der Waals surface area contributed by atoms with Crippen molar-refractivity contribution in [1.29, 1.82) is 0 Å². The Morgan fingerprint density at radius 2 is 1.73 bits per heavy atom. The van der Waals surface area contributed by atoms with E-state index in [0.29, 0.717) is 29.4 Å². The summed E-state index contributed by atoms with van der Waals surface area (Å²) in [6.07, 6.45) is 10.8. The molecule has 5 nitrogen and oxygen atoms in total. The minimum absolute atomic E-state index is 0.111. The minimum atomic E-state index is -0.118. The topological polar surface area (TPSA) is 50.2 Å². The Bertz CT molecular complexity index is 923. The molecule has 2 aliphatic heterocycles. The average Bonchev–Trinajstić information content (AvgIpc) is 3.20. The molecule has 1 aromatic carbocycles. The maximum Gasteiger partial charge on any atom is 0.115 e. The zero-order chi connectivity index (χ0) is 25.6. The zero-order valence-electron chi connectivity index (χ0n) is 23.5. The number of hydrogen-bond donors (Lipinski definition) is 2. The molecule has 6 unspecified atom stereocenters. The van der Waals surface area contributed by atoms with Gasteiger partial charge < -0.3 is 24.9 Å². The molecule has 0 amide bonds. The first kappa shape index (κ1) is 26.1. The van der Waals surface area contributed by atoms with Crippen LogP contribution in [0.25, 0.3) is 0 Å². The highest BCUT2D eigenvalue weighted by molar-refractivity contribution is 5.40. The number of likely N-dealkylation sites (N-methyl/N-ethyl adjacent to an activating group) is 1. The number of aromatic hydroxyl groups is 1. The van der Waals surface area contributed by atoms with Gasteiger partial charge in [0.1, 0.15) is 5.75 Å². The molecule has 0 bridgehead atoms. The van der Waals surface area contributed by atoms with E-state index in [1.807, 2.05) is 6.07 Å². The van der Waals surface area contributed by atoms with Crippen LogP contribution in [0, 0.1) is 29.1 Å². The highest BCUT2D eigenvalue weighted by atomic mass is 16.3. The highest BCUT2D eigenvalue weighted by Crippen LogP contribution is 2.62. The van der Waals surface area contributed by atoms with Crippen LogP contribution < -0.4 is 0 Å². The van der Waals surface area contributed by atoms with Gasteiger partial charge in [-0.25, -0.2) is 0 Å². The Hall–Kier alpha value is -1.14. The fraction of sp³-hybridized carbons (Fsp3) is 0.812. The third kappa shape index (κ3) is 5.23. The fourth-order valence-corrected chi connectivity index (χ4v) is 9.40. The molecule has 206 valence electrons. The van der Waals surface area contributed by atoms with Crippen LogP contribution in [-0.2, 0) is 6.42 Å². The number of aliphatic hydroxyl groups is 1. The molecule has 6 atom stereocenters. The molecule has 1 aromatic rings. The van der Waals surface area contributed by atoms with Gasteiger partial charge in [0.2, 0.25) is 0 Å². The number of piperazine rings is 1. The molecule has 2 saturated heterocycles. The van der Waals surface area contributed by atoms with Gasteiger partial charge >= 0.3 is 0 Å². The first-order chi connectivity index (χ1) is 17.9. The van der Waals surface area contributed by atoms with E-state index >= 15 is 0 Å². The van der Waals surface area contributed by atoms with Crippen LogP contribution in [0.4, 0.5) is 0 Å². The summed E-state index contributed by atoms with van der Waals surface area (Å²) in [6.45, 7) is 12.4. The monoisotopic (exact) mass is 509 g/mol. The molecule has 2 saturated carbocycles. The predicted octanol–water partition coefficient (Wildman–Crippen LogP) is 4.57. The molecule has 0 spiro atoms. The maximum atomic E-state index is 10.9. The Kier molecular flexibility index (Phi) is 7.61. The largest absolute Gasteiger partial charge is 0.508 e. The van der Waals surface area contributed by atoms with E-state index in [-0.39, 0.29) is 11.5 Å². The second-order valence-corrected chi connectivity index (χ2v) is 13.8. The molecule has 6 rings (SSSR count).